The summed E-state index contributed by atoms with van der Waals surface area (Å²) < 4.78 is 0. The Kier molecular flexibility index (Phi) is 2.82. The van der Waals surface area contributed by atoms with Crippen LogP contribution in [-0.4, -0.2) is 17.2 Å². The van der Waals surface area contributed by atoms with Gasteiger partial charge in [-0.05, 0) is 68.2 Å². The molecule has 0 aromatic rings. The Hall–Kier alpha value is -0.840. The molecule has 5 nitrogen and oxygen atoms in total. The van der Waals surface area contributed by atoms with Crippen LogP contribution in [0.3, 0.4) is 0 Å². The van der Waals surface area contributed by atoms with Crippen molar-refractivity contribution in [2.45, 2.75) is 63.9 Å². The van der Waals surface area contributed by atoms with E-state index >= 15 is 0 Å². The molecule has 0 saturated heterocycles. The molecule has 4 unspecified atom stereocenters. The quantitative estimate of drug-likeness (QED) is 0.614. The highest BCUT2D eigenvalue weighted by atomic mass is 17.0. The average Bonchev–Trinajstić information content (AvgIpc) is 2.25. The standard InChI is InChI=1S/C14H24N2O3/c1-2-3-12-4-11-5-13(7-12,10-15)9-14(6-11,8-12)19-16(17)18/h11H,2-10,15H2,1H3. The summed E-state index contributed by atoms with van der Waals surface area (Å²) in [5.74, 6) is 0.575. The van der Waals surface area contributed by atoms with Gasteiger partial charge in [0.15, 0.2) is 0 Å². The van der Waals surface area contributed by atoms with E-state index in [0.717, 1.165) is 44.9 Å². The Bertz CT molecular complexity index is 402. The maximum Gasteiger partial charge on any atom is 0.295 e. The van der Waals surface area contributed by atoms with Crippen molar-refractivity contribution in [1.82, 2.24) is 0 Å². The second-order valence-corrected chi connectivity index (χ2v) is 7.46. The van der Waals surface area contributed by atoms with Gasteiger partial charge < -0.3 is 10.6 Å². The molecule has 19 heavy (non-hydrogen) atoms. The molecule has 0 heterocycles. The van der Waals surface area contributed by atoms with Gasteiger partial charge in [0, 0.05) is 0 Å². The lowest BCUT2D eigenvalue weighted by Crippen LogP contribution is -2.63. The summed E-state index contributed by atoms with van der Waals surface area (Å²) in [7, 11) is 0. The van der Waals surface area contributed by atoms with Crippen LogP contribution in [0, 0.1) is 26.9 Å². The molecular formula is C14H24N2O3. The first kappa shape index (κ1) is 13.2. The molecule has 4 aliphatic carbocycles. The molecule has 0 spiro atoms. The first-order valence-electron chi connectivity index (χ1n) is 7.48. The summed E-state index contributed by atoms with van der Waals surface area (Å²) in [6, 6.07) is 0. The fourth-order valence-corrected chi connectivity index (χ4v) is 6.05. The molecule has 0 aromatic heterocycles. The number of nitrogens with two attached hydrogens (primary N) is 1. The van der Waals surface area contributed by atoms with Crippen molar-refractivity contribution in [2.24, 2.45) is 22.5 Å². The Labute approximate surface area is 114 Å². The molecule has 4 atom stereocenters. The maximum atomic E-state index is 10.9. The number of hydrogen-bond donors (Lipinski definition) is 1. The van der Waals surface area contributed by atoms with Gasteiger partial charge in [0.25, 0.3) is 5.09 Å². The van der Waals surface area contributed by atoms with Crippen LogP contribution in [0.4, 0.5) is 0 Å². The summed E-state index contributed by atoms with van der Waals surface area (Å²) >= 11 is 0. The zero-order valence-electron chi connectivity index (χ0n) is 11.7. The molecule has 4 saturated carbocycles. The Morgan fingerprint density at radius 1 is 1.26 bits per heavy atom. The van der Waals surface area contributed by atoms with Gasteiger partial charge in [-0.15, -0.1) is 10.1 Å². The molecule has 5 heteroatoms. The predicted molar refractivity (Wildman–Crippen MR) is 70.8 cm³/mol. The third-order valence-electron chi connectivity index (χ3n) is 5.73. The van der Waals surface area contributed by atoms with Crippen LogP contribution in [0.25, 0.3) is 0 Å². The molecule has 4 rings (SSSR count). The lowest BCUT2D eigenvalue weighted by molar-refractivity contribution is -0.786. The highest BCUT2D eigenvalue weighted by molar-refractivity contribution is 5.14. The van der Waals surface area contributed by atoms with Gasteiger partial charge >= 0.3 is 0 Å². The van der Waals surface area contributed by atoms with Crippen molar-refractivity contribution >= 4 is 0 Å². The lowest BCUT2D eigenvalue weighted by atomic mass is 9.42. The van der Waals surface area contributed by atoms with Crippen LogP contribution < -0.4 is 5.73 Å². The fraction of sp³-hybridized carbons (Fsp3) is 1.00. The minimum atomic E-state index is -0.572. The third kappa shape index (κ3) is 2.02. The Morgan fingerprint density at radius 3 is 2.58 bits per heavy atom. The molecule has 0 aromatic carbocycles. The van der Waals surface area contributed by atoms with Crippen LogP contribution in [0.1, 0.15) is 58.3 Å². The summed E-state index contributed by atoms with van der Waals surface area (Å²) in [5, 5.41) is 10.3. The monoisotopic (exact) mass is 268 g/mol. The molecule has 0 radical (unpaired) electrons. The van der Waals surface area contributed by atoms with E-state index in [1.807, 2.05) is 0 Å². The van der Waals surface area contributed by atoms with Gasteiger partial charge in [-0.2, -0.15) is 0 Å². The van der Waals surface area contributed by atoms with E-state index in [0.29, 0.717) is 12.5 Å². The highest BCUT2D eigenvalue weighted by Gasteiger charge is 2.64. The zero-order chi connectivity index (χ0) is 13.7. The van der Waals surface area contributed by atoms with Gasteiger partial charge in [-0.1, -0.05) is 13.3 Å². The smallest absolute Gasteiger partial charge is 0.295 e. The largest absolute Gasteiger partial charge is 0.330 e. The van der Waals surface area contributed by atoms with Gasteiger partial charge in [0.05, 0.1) is 0 Å². The van der Waals surface area contributed by atoms with Crippen molar-refractivity contribution in [3.05, 3.63) is 10.1 Å². The molecule has 4 aliphatic rings. The highest BCUT2D eigenvalue weighted by Crippen LogP contribution is 2.68. The minimum absolute atomic E-state index is 0.102. The minimum Gasteiger partial charge on any atom is -0.330 e. The number of hydrogen-bond acceptors (Lipinski definition) is 4. The van der Waals surface area contributed by atoms with Crippen molar-refractivity contribution in [1.29, 1.82) is 0 Å². The molecule has 0 aliphatic heterocycles. The molecule has 2 N–H and O–H groups in total. The van der Waals surface area contributed by atoms with E-state index < -0.39 is 10.7 Å². The van der Waals surface area contributed by atoms with Crippen molar-refractivity contribution in [3.63, 3.8) is 0 Å². The summed E-state index contributed by atoms with van der Waals surface area (Å²) in [6.07, 6.45) is 8.36. The molecule has 0 amide bonds. The second-order valence-electron chi connectivity index (χ2n) is 7.46. The van der Waals surface area contributed by atoms with E-state index in [9.17, 15) is 10.1 Å². The summed E-state index contributed by atoms with van der Waals surface area (Å²) in [6.45, 7) is 2.85. The van der Waals surface area contributed by atoms with E-state index in [4.69, 9.17) is 10.6 Å². The van der Waals surface area contributed by atoms with Crippen LogP contribution in [0.15, 0.2) is 0 Å². The van der Waals surface area contributed by atoms with Crippen LogP contribution in [0.5, 0.6) is 0 Å². The number of rotatable bonds is 5. The Balaban J connectivity index is 1.94. The maximum absolute atomic E-state index is 10.9. The van der Waals surface area contributed by atoms with Crippen molar-refractivity contribution in [2.75, 3.05) is 6.54 Å². The van der Waals surface area contributed by atoms with E-state index in [-0.39, 0.29) is 10.8 Å². The van der Waals surface area contributed by atoms with Crippen molar-refractivity contribution in [3.8, 4) is 0 Å². The van der Waals surface area contributed by atoms with E-state index in [1.54, 1.807) is 0 Å². The number of nitrogens with zero attached hydrogens (tertiary/aromatic N) is 1. The summed E-state index contributed by atoms with van der Waals surface area (Å²) in [5.41, 5.74) is 5.87. The van der Waals surface area contributed by atoms with Crippen LogP contribution >= 0.6 is 0 Å². The topological polar surface area (TPSA) is 78.4 Å². The average molecular weight is 268 g/mol. The molecule has 4 bridgehead atoms. The second kappa shape index (κ2) is 4.08. The third-order valence-corrected chi connectivity index (χ3v) is 5.73. The SMILES string of the molecule is CCCC12CC3CC(CN)(C1)CC(O[N+](=O)[O-])(C3)C2. The van der Waals surface area contributed by atoms with Gasteiger partial charge in [-0.3, -0.25) is 0 Å². The fourth-order valence-electron chi connectivity index (χ4n) is 6.05. The van der Waals surface area contributed by atoms with E-state index in [2.05, 4.69) is 6.92 Å². The van der Waals surface area contributed by atoms with E-state index in [1.165, 1.54) is 6.42 Å². The summed E-state index contributed by atoms with van der Waals surface area (Å²) in [4.78, 5) is 16.1. The zero-order valence-corrected chi connectivity index (χ0v) is 11.7. The first-order valence-corrected chi connectivity index (χ1v) is 7.48. The molecular weight excluding hydrogens is 244 g/mol. The van der Waals surface area contributed by atoms with Crippen LogP contribution in [0.2, 0.25) is 0 Å². The van der Waals surface area contributed by atoms with Crippen molar-refractivity contribution < 1.29 is 9.92 Å². The molecule has 108 valence electrons. The van der Waals surface area contributed by atoms with Gasteiger partial charge in [-0.25, -0.2) is 0 Å². The predicted octanol–water partition coefficient (Wildman–Crippen LogP) is 2.66. The molecule has 4 fully saturated rings. The van der Waals surface area contributed by atoms with Crippen LogP contribution in [-0.2, 0) is 4.84 Å². The van der Waals surface area contributed by atoms with Gasteiger partial charge in [0.2, 0.25) is 0 Å². The normalized spacial score (nSPS) is 47.4. The lowest BCUT2D eigenvalue weighted by Gasteiger charge is -2.65. The first-order chi connectivity index (χ1) is 8.94. The Morgan fingerprint density at radius 2 is 1.95 bits per heavy atom. The van der Waals surface area contributed by atoms with Gasteiger partial charge in [0.1, 0.15) is 5.60 Å².